The van der Waals surface area contributed by atoms with Gasteiger partial charge in [0.25, 0.3) is 0 Å². The standard InChI is InChI=1S/C24H19F3N2O4S/c1-12(2)21-28-8-13(34-21)9-29-20-14(4-3-5-15(20)24(25,26)27)23(22(29)30)10-31-17-7-19-18(6-16(17)23)32-11-33-19/h3-8,12H,9-11H2,1-2H3. The molecule has 176 valence electrons. The minimum atomic E-state index is -4.64. The van der Waals surface area contributed by atoms with Crippen molar-refractivity contribution in [1.29, 1.82) is 0 Å². The Morgan fingerprint density at radius 1 is 1.12 bits per heavy atom. The highest BCUT2D eigenvalue weighted by Gasteiger charge is 2.59. The van der Waals surface area contributed by atoms with Crippen molar-refractivity contribution in [3.05, 3.63) is 63.1 Å². The number of anilines is 1. The predicted octanol–water partition coefficient (Wildman–Crippen LogP) is 5.24. The Morgan fingerprint density at radius 2 is 1.88 bits per heavy atom. The summed E-state index contributed by atoms with van der Waals surface area (Å²) in [7, 11) is 0. The van der Waals surface area contributed by atoms with Crippen molar-refractivity contribution in [2.75, 3.05) is 18.3 Å². The van der Waals surface area contributed by atoms with Gasteiger partial charge in [0.05, 0.1) is 22.8 Å². The SMILES string of the molecule is CC(C)c1ncc(CN2C(=O)C3(COc4cc5c(cc43)OCO5)c3cccc(C(F)(F)F)c32)s1. The number of benzene rings is 2. The van der Waals surface area contributed by atoms with Crippen LogP contribution in [0.25, 0.3) is 0 Å². The first kappa shape index (κ1) is 21.3. The van der Waals surface area contributed by atoms with Crippen LogP contribution in [0.1, 0.15) is 46.3 Å². The van der Waals surface area contributed by atoms with E-state index in [9.17, 15) is 18.0 Å². The Kier molecular flexibility index (Phi) is 4.45. The minimum absolute atomic E-state index is 0.00898. The van der Waals surface area contributed by atoms with Crippen molar-refractivity contribution in [1.82, 2.24) is 4.98 Å². The van der Waals surface area contributed by atoms with Crippen LogP contribution in [0.5, 0.6) is 17.2 Å². The van der Waals surface area contributed by atoms with Crippen molar-refractivity contribution >= 4 is 22.9 Å². The van der Waals surface area contributed by atoms with Crippen molar-refractivity contribution in [3.63, 3.8) is 0 Å². The van der Waals surface area contributed by atoms with E-state index in [2.05, 4.69) is 4.98 Å². The predicted molar refractivity (Wildman–Crippen MR) is 118 cm³/mol. The normalized spacial score (nSPS) is 20.3. The highest BCUT2D eigenvalue weighted by atomic mass is 32.1. The third-order valence-corrected chi connectivity index (χ3v) is 7.72. The summed E-state index contributed by atoms with van der Waals surface area (Å²) in [6.45, 7) is 3.91. The molecular formula is C24H19F3N2O4S. The first-order valence-electron chi connectivity index (χ1n) is 10.7. The van der Waals surface area contributed by atoms with Crippen molar-refractivity contribution in [3.8, 4) is 17.2 Å². The summed E-state index contributed by atoms with van der Waals surface area (Å²) in [5.74, 6) is 1.04. The van der Waals surface area contributed by atoms with E-state index in [0.717, 1.165) is 11.1 Å². The van der Waals surface area contributed by atoms with Crippen LogP contribution in [0.15, 0.2) is 36.5 Å². The number of para-hydroxylation sites is 1. The van der Waals surface area contributed by atoms with E-state index in [-0.39, 0.29) is 37.1 Å². The molecule has 3 aromatic rings. The summed E-state index contributed by atoms with van der Waals surface area (Å²) in [5.41, 5.74) is -1.62. The molecule has 1 unspecified atom stereocenters. The third kappa shape index (κ3) is 2.87. The second-order valence-corrected chi connectivity index (χ2v) is 9.95. The Balaban J connectivity index is 1.54. The summed E-state index contributed by atoms with van der Waals surface area (Å²) in [6, 6.07) is 7.22. The number of fused-ring (bicyclic) bond motifs is 5. The number of hydrogen-bond donors (Lipinski definition) is 0. The van der Waals surface area contributed by atoms with Gasteiger partial charge >= 0.3 is 6.18 Å². The first-order chi connectivity index (χ1) is 16.2. The number of rotatable bonds is 3. The maximum Gasteiger partial charge on any atom is 0.418 e. The van der Waals surface area contributed by atoms with E-state index in [4.69, 9.17) is 14.2 Å². The summed E-state index contributed by atoms with van der Waals surface area (Å²) < 4.78 is 59.1. The van der Waals surface area contributed by atoms with Gasteiger partial charge in [-0.3, -0.25) is 4.79 Å². The molecule has 3 aliphatic heterocycles. The van der Waals surface area contributed by atoms with E-state index < -0.39 is 23.1 Å². The summed E-state index contributed by atoms with van der Waals surface area (Å²) >= 11 is 1.40. The number of nitrogens with zero attached hydrogens (tertiary/aromatic N) is 2. The number of alkyl halides is 3. The number of carbonyl (C=O) groups is 1. The molecule has 0 saturated carbocycles. The highest BCUT2D eigenvalue weighted by Crippen LogP contribution is 2.57. The van der Waals surface area contributed by atoms with Gasteiger partial charge in [-0.05, 0) is 12.1 Å². The number of ether oxygens (including phenoxy) is 3. The largest absolute Gasteiger partial charge is 0.491 e. The average molecular weight is 488 g/mol. The molecule has 10 heteroatoms. The zero-order valence-electron chi connectivity index (χ0n) is 18.2. The molecule has 0 N–H and O–H groups in total. The number of halogens is 3. The third-order valence-electron chi connectivity index (χ3n) is 6.44. The van der Waals surface area contributed by atoms with Crippen LogP contribution >= 0.6 is 11.3 Å². The van der Waals surface area contributed by atoms with Gasteiger partial charge in [-0.2, -0.15) is 13.2 Å². The molecule has 1 atom stereocenters. The van der Waals surface area contributed by atoms with E-state index in [1.807, 2.05) is 13.8 Å². The summed E-state index contributed by atoms with van der Waals surface area (Å²) in [6.07, 6.45) is -3.01. The van der Waals surface area contributed by atoms with Crippen LogP contribution in [0.4, 0.5) is 18.9 Å². The molecule has 3 aliphatic rings. The van der Waals surface area contributed by atoms with Crippen LogP contribution in [0.2, 0.25) is 0 Å². The number of amides is 1. The Labute approximate surface area is 196 Å². The number of thiazole rings is 1. The quantitative estimate of drug-likeness (QED) is 0.505. The number of aromatic nitrogens is 1. The zero-order valence-corrected chi connectivity index (χ0v) is 19.0. The Hall–Kier alpha value is -3.27. The summed E-state index contributed by atoms with van der Waals surface area (Å²) in [5, 5.41) is 0.864. The fraction of sp³-hybridized carbons (Fsp3) is 0.333. The van der Waals surface area contributed by atoms with Crippen LogP contribution < -0.4 is 19.1 Å². The van der Waals surface area contributed by atoms with Gasteiger partial charge in [-0.1, -0.05) is 26.0 Å². The zero-order chi connectivity index (χ0) is 23.8. The van der Waals surface area contributed by atoms with Gasteiger partial charge in [0, 0.05) is 34.2 Å². The molecule has 6 nitrogen and oxygen atoms in total. The number of carbonyl (C=O) groups excluding carboxylic acids is 1. The molecule has 0 saturated heterocycles. The molecule has 0 bridgehead atoms. The van der Waals surface area contributed by atoms with Crippen LogP contribution in [0.3, 0.4) is 0 Å². The van der Waals surface area contributed by atoms with Gasteiger partial charge in [0.2, 0.25) is 12.7 Å². The van der Waals surface area contributed by atoms with Crippen molar-refractivity contribution in [2.24, 2.45) is 0 Å². The lowest BCUT2D eigenvalue weighted by molar-refractivity contribution is -0.137. The minimum Gasteiger partial charge on any atom is -0.491 e. The maximum absolute atomic E-state index is 14.1. The van der Waals surface area contributed by atoms with Crippen LogP contribution in [0, 0.1) is 0 Å². The van der Waals surface area contributed by atoms with E-state index in [0.29, 0.717) is 27.7 Å². The molecule has 34 heavy (non-hydrogen) atoms. The van der Waals surface area contributed by atoms with E-state index >= 15 is 0 Å². The monoisotopic (exact) mass is 488 g/mol. The molecule has 6 rings (SSSR count). The molecule has 0 fully saturated rings. The van der Waals surface area contributed by atoms with E-state index in [1.165, 1.54) is 22.3 Å². The molecule has 0 aliphatic carbocycles. The molecular weight excluding hydrogens is 469 g/mol. The lowest BCUT2D eigenvalue weighted by Gasteiger charge is -2.23. The fourth-order valence-electron chi connectivity index (χ4n) is 4.86. The van der Waals surface area contributed by atoms with Crippen LogP contribution in [-0.2, 0) is 22.9 Å². The molecule has 0 radical (unpaired) electrons. The van der Waals surface area contributed by atoms with Crippen LogP contribution in [-0.4, -0.2) is 24.3 Å². The van der Waals surface area contributed by atoms with Gasteiger partial charge in [0.1, 0.15) is 17.8 Å². The van der Waals surface area contributed by atoms with Crippen molar-refractivity contribution < 1.29 is 32.2 Å². The maximum atomic E-state index is 14.1. The molecule has 2 aromatic carbocycles. The lowest BCUT2D eigenvalue weighted by atomic mass is 9.76. The second kappa shape index (κ2) is 7.11. The van der Waals surface area contributed by atoms with E-state index in [1.54, 1.807) is 24.4 Å². The Bertz CT molecular complexity index is 1340. The first-order valence-corrected chi connectivity index (χ1v) is 11.6. The smallest absolute Gasteiger partial charge is 0.418 e. The topological polar surface area (TPSA) is 60.9 Å². The highest BCUT2D eigenvalue weighted by molar-refractivity contribution is 7.11. The van der Waals surface area contributed by atoms with Crippen molar-refractivity contribution in [2.45, 2.75) is 37.9 Å². The average Bonchev–Trinajstić information content (AvgIpc) is 3.55. The number of hydrogen-bond acceptors (Lipinski definition) is 6. The lowest BCUT2D eigenvalue weighted by Crippen LogP contribution is -2.42. The van der Waals surface area contributed by atoms with Gasteiger partial charge in [0.15, 0.2) is 11.5 Å². The fourth-order valence-corrected chi connectivity index (χ4v) is 5.77. The summed E-state index contributed by atoms with van der Waals surface area (Å²) in [4.78, 5) is 20.4. The molecule has 4 heterocycles. The molecule has 1 amide bonds. The molecule has 1 spiro atoms. The van der Waals surface area contributed by atoms with Gasteiger partial charge < -0.3 is 19.1 Å². The second-order valence-electron chi connectivity index (χ2n) is 8.81. The molecule has 1 aromatic heterocycles. The Morgan fingerprint density at radius 3 is 2.59 bits per heavy atom. The van der Waals surface area contributed by atoms with Gasteiger partial charge in [-0.15, -0.1) is 11.3 Å². The van der Waals surface area contributed by atoms with Gasteiger partial charge in [-0.25, -0.2) is 4.98 Å².